The Kier molecular flexibility index (Phi) is 4.16. The molecule has 4 nitrogen and oxygen atoms in total. The van der Waals surface area contributed by atoms with Crippen LogP contribution in [0.25, 0.3) is 5.69 Å². The van der Waals surface area contributed by atoms with Crippen LogP contribution in [0.3, 0.4) is 0 Å². The fraction of sp³-hybridized carbons (Fsp3) is 0.357. The third-order valence-electron chi connectivity index (χ3n) is 2.86. The van der Waals surface area contributed by atoms with Crippen LogP contribution in [0.4, 0.5) is 10.3 Å². The molecule has 102 valence electrons. The van der Waals surface area contributed by atoms with Crippen molar-refractivity contribution in [3.05, 3.63) is 42.0 Å². The summed E-state index contributed by atoms with van der Waals surface area (Å²) in [4.78, 5) is 4.26. The minimum absolute atomic E-state index is 0.125. The Morgan fingerprint density at radius 1 is 1.47 bits per heavy atom. The predicted octanol–water partition coefficient (Wildman–Crippen LogP) is 2.77. The van der Waals surface area contributed by atoms with Crippen LogP contribution < -0.4 is 5.32 Å². The molecule has 2 aromatic rings. The largest absolute Gasteiger partial charge is 0.383 e. The molecule has 5 heteroatoms. The van der Waals surface area contributed by atoms with Crippen molar-refractivity contribution >= 4 is 5.95 Å². The first kappa shape index (κ1) is 13.5. The third kappa shape index (κ3) is 3.12. The van der Waals surface area contributed by atoms with E-state index in [9.17, 15) is 4.39 Å². The highest BCUT2D eigenvalue weighted by Crippen LogP contribution is 2.20. The number of hydrogen-bond acceptors (Lipinski definition) is 3. The molecular formula is C14H18FN3O. The van der Waals surface area contributed by atoms with Gasteiger partial charge >= 0.3 is 0 Å². The minimum Gasteiger partial charge on any atom is -0.383 e. The van der Waals surface area contributed by atoms with Crippen LogP contribution in [-0.2, 0) is 4.74 Å². The lowest BCUT2D eigenvalue weighted by Crippen LogP contribution is -2.23. The molecule has 0 amide bonds. The van der Waals surface area contributed by atoms with Crippen LogP contribution >= 0.6 is 0 Å². The summed E-state index contributed by atoms with van der Waals surface area (Å²) in [5.41, 5.74) is 1.77. The molecule has 19 heavy (non-hydrogen) atoms. The Labute approximate surface area is 112 Å². The van der Waals surface area contributed by atoms with Gasteiger partial charge in [0.25, 0.3) is 0 Å². The number of halogens is 1. The maximum absolute atomic E-state index is 13.4. The Balaban J connectivity index is 2.31. The second-order valence-electron chi connectivity index (χ2n) is 4.55. The van der Waals surface area contributed by atoms with Crippen molar-refractivity contribution in [2.45, 2.75) is 19.9 Å². The predicted molar refractivity (Wildman–Crippen MR) is 73.2 cm³/mol. The summed E-state index contributed by atoms with van der Waals surface area (Å²) in [5, 5.41) is 3.24. The summed E-state index contributed by atoms with van der Waals surface area (Å²) in [6, 6.07) is 4.84. The van der Waals surface area contributed by atoms with E-state index in [0.29, 0.717) is 12.6 Å². The summed E-state index contributed by atoms with van der Waals surface area (Å²) in [5.74, 6) is 0.420. The monoisotopic (exact) mass is 263 g/mol. The number of benzene rings is 1. The lowest BCUT2D eigenvalue weighted by molar-refractivity contribution is 0.190. The quantitative estimate of drug-likeness (QED) is 0.901. The highest BCUT2D eigenvalue weighted by molar-refractivity contribution is 5.47. The SMILES string of the molecule is COCC(C)Nc1nccn1-c1cc(F)ccc1C. The number of methoxy groups -OCH3 is 1. The molecule has 0 spiro atoms. The first-order valence-electron chi connectivity index (χ1n) is 6.17. The molecule has 0 saturated heterocycles. The fourth-order valence-electron chi connectivity index (χ4n) is 1.96. The smallest absolute Gasteiger partial charge is 0.207 e. The summed E-state index contributed by atoms with van der Waals surface area (Å²) >= 11 is 0. The van der Waals surface area contributed by atoms with E-state index in [1.54, 1.807) is 19.4 Å². The van der Waals surface area contributed by atoms with Crippen molar-refractivity contribution in [3.8, 4) is 5.69 Å². The number of nitrogens with zero attached hydrogens (tertiary/aromatic N) is 2. The van der Waals surface area contributed by atoms with E-state index in [4.69, 9.17) is 4.74 Å². The van der Waals surface area contributed by atoms with Crippen LogP contribution in [-0.4, -0.2) is 29.3 Å². The number of anilines is 1. The van der Waals surface area contributed by atoms with Crippen molar-refractivity contribution in [3.63, 3.8) is 0 Å². The molecule has 1 aromatic heterocycles. The van der Waals surface area contributed by atoms with Gasteiger partial charge in [0.1, 0.15) is 5.82 Å². The second-order valence-corrected chi connectivity index (χ2v) is 4.55. The van der Waals surface area contributed by atoms with Gasteiger partial charge in [0.05, 0.1) is 12.3 Å². The molecule has 1 aromatic carbocycles. The summed E-state index contributed by atoms with van der Waals surface area (Å²) in [6.07, 6.45) is 3.50. The Morgan fingerprint density at radius 2 is 2.26 bits per heavy atom. The van der Waals surface area contributed by atoms with Gasteiger partial charge in [0, 0.05) is 25.5 Å². The molecular weight excluding hydrogens is 245 g/mol. The molecule has 0 aliphatic rings. The van der Waals surface area contributed by atoms with Gasteiger partial charge in [-0.1, -0.05) is 6.07 Å². The number of aryl methyl sites for hydroxylation is 1. The van der Waals surface area contributed by atoms with Crippen molar-refractivity contribution in [1.29, 1.82) is 0 Å². The molecule has 0 aliphatic carbocycles. The highest BCUT2D eigenvalue weighted by Gasteiger charge is 2.10. The molecule has 0 bridgehead atoms. The molecule has 1 atom stereocenters. The van der Waals surface area contributed by atoms with Gasteiger partial charge in [0.2, 0.25) is 5.95 Å². The van der Waals surface area contributed by atoms with E-state index < -0.39 is 0 Å². The Bertz CT molecular complexity index is 553. The van der Waals surface area contributed by atoms with E-state index in [1.807, 2.05) is 24.6 Å². The zero-order valence-corrected chi connectivity index (χ0v) is 11.4. The number of ether oxygens (including phenoxy) is 1. The maximum atomic E-state index is 13.4. The van der Waals surface area contributed by atoms with Gasteiger partial charge in [-0.15, -0.1) is 0 Å². The lowest BCUT2D eigenvalue weighted by atomic mass is 10.2. The number of aromatic nitrogens is 2. The average Bonchev–Trinajstić information content (AvgIpc) is 2.80. The third-order valence-corrected chi connectivity index (χ3v) is 2.86. The number of nitrogens with one attached hydrogen (secondary N) is 1. The molecule has 0 aliphatic heterocycles. The zero-order chi connectivity index (χ0) is 13.8. The molecule has 0 radical (unpaired) electrons. The van der Waals surface area contributed by atoms with Gasteiger partial charge in [-0.05, 0) is 31.5 Å². The lowest BCUT2D eigenvalue weighted by Gasteiger charge is -2.16. The van der Waals surface area contributed by atoms with E-state index in [2.05, 4.69) is 10.3 Å². The van der Waals surface area contributed by atoms with Crippen molar-refractivity contribution in [2.75, 3.05) is 19.0 Å². The normalized spacial score (nSPS) is 12.4. The van der Waals surface area contributed by atoms with E-state index in [0.717, 1.165) is 11.3 Å². The first-order valence-corrected chi connectivity index (χ1v) is 6.17. The van der Waals surface area contributed by atoms with Gasteiger partial charge < -0.3 is 10.1 Å². The maximum Gasteiger partial charge on any atom is 0.207 e. The van der Waals surface area contributed by atoms with Gasteiger partial charge in [-0.2, -0.15) is 0 Å². The van der Waals surface area contributed by atoms with E-state index in [-0.39, 0.29) is 11.9 Å². The van der Waals surface area contributed by atoms with Gasteiger partial charge in [0.15, 0.2) is 0 Å². The molecule has 0 saturated carbocycles. The van der Waals surface area contributed by atoms with Crippen molar-refractivity contribution in [1.82, 2.24) is 9.55 Å². The molecule has 1 unspecified atom stereocenters. The molecule has 1 heterocycles. The minimum atomic E-state index is -0.259. The van der Waals surface area contributed by atoms with Crippen LogP contribution in [0.1, 0.15) is 12.5 Å². The van der Waals surface area contributed by atoms with Gasteiger partial charge in [-0.25, -0.2) is 9.37 Å². The van der Waals surface area contributed by atoms with E-state index >= 15 is 0 Å². The van der Waals surface area contributed by atoms with Crippen LogP contribution in [0, 0.1) is 12.7 Å². The average molecular weight is 263 g/mol. The van der Waals surface area contributed by atoms with Crippen molar-refractivity contribution in [2.24, 2.45) is 0 Å². The first-order chi connectivity index (χ1) is 9.11. The summed E-state index contributed by atoms with van der Waals surface area (Å²) in [6.45, 7) is 4.52. The fourth-order valence-corrected chi connectivity index (χ4v) is 1.96. The standard InChI is InChI=1S/C14H18FN3O/c1-10-4-5-12(15)8-13(10)18-7-6-16-14(18)17-11(2)9-19-3/h4-8,11H,9H2,1-3H3,(H,16,17). The summed E-state index contributed by atoms with van der Waals surface area (Å²) in [7, 11) is 1.65. The van der Waals surface area contributed by atoms with Crippen LogP contribution in [0.5, 0.6) is 0 Å². The molecule has 1 N–H and O–H groups in total. The topological polar surface area (TPSA) is 39.1 Å². The molecule has 2 rings (SSSR count). The highest BCUT2D eigenvalue weighted by atomic mass is 19.1. The Hall–Kier alpha value is -1.88. The number of rotatable bonds is 5. The van der Waals surface area contributed by atoms with Crippen LogP contribution in [0.2, 0.25) is 0 Å². The van der Waals surface area contributed by atoms with Gasteiger partial charge in [-0.3, -0.25) is 4.57 Å². The Morgan fingerprint density at radius 3 is 3.00 bits per heavy atom. The summed E-state index contributed by atoms with van der Waals surface area (Å²) < 4.78 is 20.3. The molecule has 0 fully saturated rings. The van der Waals surface area contributed by atoms with E-state index in [1.165, 1.54) is 12.1 Å². The zero-order valence-electron chi connectivity index (χ0n) is 11.4. The number of hydrogen-bond donors (Lipinski definition) is 1. The second kappa shape index (κ2) is 5.84. The van der Waals surface area contributed by atoms with Crippen LogP contribution in [0.15, 0.2) is 30.6 Å². The number of imidazole rings is 1. The van der Waals surface area contributed by atoms with Crippen molar-refractivity contribution < 1.29 is 9.13 Å².